The summed E-state index contributed by atoms with van der Waals surface area (Å²) in [5.41, 5.74) is 9.45. The predicted octanol–water partition coefficient (Wildman–Crippen LogP) is 4.26. The van der Waals surface area contributed by atoms with E-state index in [9.17, 15) is 9.59 Å². The zero-order chi connectivity index (χ0) is 22.7. The van der Waals surface area contributed by atoms with Crippen LogP contribution in [-0.2, 0) is 6.54 Å². The molecule has 4 rings (SSSR count). The number of carbonyl (C=O) groups is 1. The number of anilines is 1. The van der Waals surface area contributed by atoms with Gasteiger partial charge >= 0.3 is 0 Å². The van der Waals surface area contributed by atoms with Crippen LogP contribution in [0.2, 0.25) is 0 Å². The summed E-state index contributed by atoms with van der Waals surface area (Å²) in [6.45, 7) is 4.91. The fraction of sp³-hybridized carbons (Fsp3) is 0.417. The smallest absolute Gasteiger partial charge is 0.273 e. The predicted molar refractivity (Wildman–Crippen MR) is 128 cm³/mol. The molecule has 0 aliphatic heterocycles. The molecule has 168 valence electrons. The van der Waals surface area contributed by atoms with Gasteiger partial charge in [0, 0.05) is 47.7 Å². The first-order valence-corrected chi connectivity index (χ1v) is 11.9. The number of hydrogen-bond donors (Lipinski definition) is 2. The molecule has 1 amide bonds. The Morgan fingerprint density at radius 3 is 2.59 bits per heavy atom. The number of nitrogens with two attached hydrogens (primary N) is 1. The van der Waals surface area contributed by atoms with Crippen molar-refractivity contribution in [2.24, 2.45) is 11.7 Å². The average Bonchev–Trinajstić information content (AvgIpc) is 3.32. The van der Waals surface area contributed by atoms with Crippen molar-refractivity contribution in [2.45, 2.75) is 58.0 Å². The number of aromatic nitrogens is 3. The van der Waals surface area contributed by atoms with E-state index in [0.29, 0.717) is 29.8 Å². The molecule has 1 aliphatic rings. The van der Waals surface area contributed by atoms with Crippen LogP contribution in [0, 0.1) is 5.92 Å². The van der Waals surface area contributed by atoms with Crippen molar-refractivity contribution in [3.05, 3.63) is 63.8 Å². The molecule has 0 saturated heterocycles. The van der Waals surface area contributed by atoms with Gasteiger partial charge in [-0.15, -0.1) is 0 Å². The third-order valence-corrected chi connectivity index (χ3v) is 6.60. The normalized spacial score (nSPS) is 18.6. The van der Waals surface area contributed by atoms with E-state index in [4.69, 9.17) is 5.73 Å². The van der Waals surface area contributed by atoms with Gasteiger partial charge in [0.05, 0.1) is 0 Å². The summed E-state index contributed by atoms with van der Waals surface area (Å²) < 4.78 is 6.03. The summed E-state index contributed by atoms with van der Waals surface area (Å²) in [5.74, 6) is 0.276. The van der Waals surface area contributed by atoms with Gasteiger partial charge in [0.25, 0.3) is 11.5 Å². The lowest BCUT2D eigenvalue weighted by atomic mass is 9.82. The quantitative estimate of drug-likeness (QED) is 0.559. The van der Waals surface area contributed by atoms with Crippen molar-refractivity contribution in [3.8, 4) is 11.1 Å². The van der Waals surface area contributed by atoms with Gasteiger partial charge in [-0.25, -0.2) is 4.37 Å². The highest BCUT2D eigenvalue weighted by Gasteiger charge is 2.24. The largest absolute Gasteiger partial charge is 0.378 e. The minimum Gasteiger partial charge on any atom is -0.378 e. The summed E-state index contributed by atoms with van der Waals surface area (Å²) in [5, 5.41) is 5.54. The van der Waals surface area contributed by atoms with Gasteiger partial charge in [0.1, 0.15) is 11.4 Å². The summed E-state index contributed by atoms with van der Waals surface area (Å²) in [6, 6.07) is 5.86. The molecule has 7 nitrogen and oxygen atoms in total. The maximum Gasteiger partial charge on any atom is 0.273 e. The fourth-order valence-electron chi connectivity index (χ4n) is 4.36. The molecule has 0 aromatic carbocycles. The van der Waals surface area contributed by atoms with E-state index in [0.717, 1.165) is 42.4 Å². The van der Waals surface area contributed by atoms with Gasteiger partial charge < -0.3 is 15.6 Å². The lowest BCUT2D eigenvalue weighted by Gasteiger charge is -2.30. The molecular formula is C24H29N5O2S. The molecule has 0 atom stereocenters. The standard InChI is InChI=1S/C24H29N5O2S/c1-15(2)12-29-13-18(19-11-27-32-14-19)9-22(24(29)31)28-20-6-3-16(4-7-20)17-5-8-21(23(25)30)26-10-17/h5,8-11,13-16,20,28H,3-4,6-7,12H2,1-2H3,(H2,25,30)/t16-,20+. The third kappa shape index (κ3) is 5.07. The van der Waals surface area contributed by atoms with Gasteiger partial charge in [0.2, 0.25) is 0 Å². The Morgan fingerprint density at radius 2 is 2.00 bits per heavy atom. The van der Waals surface area contributed by atoms with Gasteiger partial charge in [-0.3, -0.25) is 14.6 Å². The second-order valence-corrected chi connectivity index (χ2v) is 9.60. The molecular weight excluding hydrogens is 422 g/mol. The number of primary amides is 1. The van der Waals surface area contributed by atoms with E-state index < -0.39 is 5.91 Å². The highest BCUT2D eigenvalue weighted by atomic mass is 32.1. The van der Waals surface area contributed by atoms with Gasteiger partial charge in [0.15, 0.2) is 0 Å². The highest BCUT2D eigenvalue weighted by molar-refractivity contribution is 7.03. The van der Waals surface area contributed by atoms with Crippen molar-refractivity contribution in [3.63, 3.8) is 0 Å². The van der Waals surface area contributed by atoms with E-state index in [1.165, 1.54) is 11.5 Å². The van der Waals surface area contributed by atoms with Crippen molar-refractivity contribution in [2.75, 3.05) is 5.32 Å². The first-order valence-electron chi connectivity index (χ1n) is 11.1. The van der Waals surface area contributed by atoms with Gasteiger partial charge in [-0.2, -0.15) is 0 Å². The van der Waals surface area contributed by atoms with Crippen LogP contribution in [0.4, 0.5) is 5.69 Å². The average molecular weight is 452 g/mol. The van der Waals surface area contributed by atoms with E-state index in [1.54, 1.807) is 12.3 Å². The molecule has 1 saturated carbocycles. The third-order valence-electron chi connectivity index (χ3n) is 6.01. The van der Waals surface area contributed by atoms with Crippen LogP contribution >= 0.6 is 11.5 Å². The van der Waals surface area contributed by atoms with Crippen LogP contribution in [-0.4, -0.2) is 25.9 Å². The molecule has 3 aromatic rings. The molecule has 3 aromatic heterocycles. The fourth-order valence-corrected chi connectivity index (χ4v) is 4.90. The van der Waals surface area contributed by atoms with Crippen LogP contribution in [0.3, 0.4) is 0 Å². The SMILES string of the molecule is CC(C)Cn1cc(-c2cnsc2)cc(N[C@H]2CC[C@@H](c3ccc(C(N)=O)nc3)CC2)c1=O. The summed E-state index contributed by atoms with van der Waals surface area (Å²) in [6.07, 6.45) is 9.49. The number of hydrogen-bond acceptors (Lipinski definition) is 6. The Bertz CT molecular complexity index is 1110. The number of carbonyl (C=O) groups excluding carboxylic acids is 1. The summed E-state index contributed by atoms with van der Waals surface area (Å²) in [7, 11) is 0. The van der Waals surface area contributed by atoms with Gasteiger partial charge in [-0.1, -0.05) is 19.9 Å². The molecule has 0 radical (unpaired) electrons. The Labute approximate surface area is 191 Å². The van der Waals surface area contributed by atoms with Crippen LogP contribution < -0.4 is 16.6 Å². The number of nitrogens with one attached hydrogen (secondary N) is 1. The Balaban J connectivity index is 1.48. The Morgan fingerprint density at radius 1 is 1.22 bits per heavy atom. The maximum atomic E-state index is 13.1. The van der Waals surface area contributed by atoms with Crippen LogP contribution in [0.5, 0.6) is 0 Å². The maximum absolute atomic E-state index is 13.1. The first kappa shape index (κ1) is 22.2. The monoisotopic (exact) mass is 451 g/mol. The zero-order valence-corrected chi connectivity index (χ0v) is 19.3. The molecule has 1 fully saturated rings. The van der Waals surface area contributed by atoms with E-state index >= 15 is 0 Å². The minimum atomic E-state index is -0.506. The Hall–Kier alpha value is -3.00. The van der Waals surface area contributed by atoms with E-state index in [-0.39, 0.29) is 11.6 Å². The first-order chi connectivity index (χ1) is 15.4. The molecule has 0 bridgehead atoms. The van der Waals surface area contributed by atoms with Crippen molar-refractivity contribution < 1.29 is 4.79 Å². The second-order valence-electron chi connectivity index (χ2n) is 8.94. The Kier molecular flexibility index (Phi) is 6.69. The molecule has 1 aliphatic carbocycles. The molecule has 3 heterocycles. The molecule has 0 unspecified atom stereocenters. The molecule has 8 heteroatoms. The number of amides is 1. The van der Waals surface area contributed by atoms with E-state index in [1.807, 2.05) is 34.5 Å². The summed E-state index contributed by atoms with van der Waals surface area (Å²) in [4.78, 5) is 28.5. The van der Waals surface area contributed by atoms with E-state index in [2.05, 4.69) is 28.5 Å². The molecule has 0 spiro atoms. The highest BCUT2D eigenvalue weighted by Crippen LogP contribution is 2.34. The lowest BCUT2D eigenvalue weighted by molar-refractivity contribution is 0.0995. The topological polar surface area (TPSA) is 103 Å². The zero-order valence-electron chi connectivity index (χ0n) is 18.5. The number of pyridine rings is 2. The molecule has 32 heavy (non-hydrogen) atoms. The van der Waals surface area contributed by atoms with Gasteiger partial charge in [-0.05, 0) is 66.7 Å². The van der Waals surface area contributed by atoms with Crippen molar-refractivity contribution in [1.82, 2.24) is 13.9 Å². The lowest BCUT2D eigenvalue weighted by Crippen LogP contribution is -2.31. The summed E-state index contributed by atoms with van der Waals surface area (Å²) >= 11 is 1.41. The van der Waals surface area contributed by atoms with Crippen LogP contribution in [0.25, 0.3) is 11.1 Å². The number of rotatable bonds is 7. The molecule has 3 N–H and O–H groups in total. The van der Waals surface area contributed by atoms with Crippen LogP contribution in [0.15, 0.2) is 47.0 Å². The minimum absolute atomic E-state index is 0.0269. The second kappa shape index (κ2) is 9.65. The van der Waals surface area contributed by atoms with Crippen LogP contribution in [0.1, 0.15) is 61.5 Å². The van der Waals surface area contributed by atoms with Crippen molar-refractivity contribution in [1.29, 1.82) is 0 Å². The van der Waals surface area contributed by atoms with Crippen molar-refractivity contribution >= 4 is 23.1 Å². The number of nitrogens with zero attached hydrogens (tertiary/aromatic N) is 3.